The largest absolute Gasteiger partial charge is 0.491 e. The summed E-state index contributed by atoms with van der Waals surface area (Å²) in [6.07, 6.45) is 7.60. The minimum Gasteiger partial charge on any atom is -0.491 e. The van der Waals surface area contributed by atoms with Gasteiger partial charge in [-0.1, -0.05) is 36.0 Å². The van der Waals surface area contributed by atoms with Gasteiger partial charge in [-0.3, -0.25) is 0 Å². The molecule has 0 aliphatic heterocycles. The molecule has 0 saturated heterocycles. The first-order valence-corrected chi connectivity index (χ1v) is 5.41. The van der Waals surface area contributed by atoms with E-state index in [9.17, 15) is 0 Å². The van der Waals surface area contributed by atoms with Gasteiger partial charge in [-0.2, -0.15) is 0 Å². The van der Waals surface area contributed by atoms with Crippen LogP contribution in [0.4, 0.5) is 0 Å². The molecule has 1 aliphatic carbocycles. The van der Waals surface area contributed by atoms with E-state index in [-0.39, 0.29) is 6.10 Å². The highest BCUT2D eigenvalue weighted by molar-refractivity contribution is 5.43. The van der Waals surface area contributed by atoms with Crippen molar-refractivity contribution in [3.63, 3.8) is 0 Å². The van der Waals surface area contributed by atoms with Gasteiger partial charge in [0.25, 0.3) is 0 Å². The summed E-state index contributed by atoms with van der Waals surface area (Å²) >= 11 is 0. The Kier molecular flexibility index (Phi) is 3.96. The minimum atomic E-state index is 0.184. The van der Waals surface area contributed by atoms with E-state index in [1.54, 1.807) is 0 Å². The van der Waals surface area contributed by atoms with Gasteiger partial charge in [0.05, 0.1) is 6.10 Å². The van der Waals surface area contributed by atoms with Crippen LogP contribution < -0.4 is 0 Å². The van der Waals surface area contributed by atoms with Gasteiger partial charge < -0.3 is 4.74 Å². The SMILES string of the molecule is C=C(OC(C)C)C1=C(C)CC=C(C)C=C1. The van der Waals surface area contributed by atoms with E-state index < -0.39 is 0 Å². The lowest BCUT2D eigenvalue weighted by atomic mass is 10.1. The third-order valence-electron chi connectivity index (χ3n) is 2.38. The van der Waals surface area contributed by atoms with E-state index in [1.165, 1.54) is 11.1 Å². The van der Waals surface area contributed by atoms with Crippen LogP contribution in [-0.4, -0.2) is 6.10 Å². The molecule has 1 aliphatic rings. The summed E-state index contributed by atoms with van der Waals surface area (Å²) in [6.45, 7) is 12.3. The maximum Gasteiger partial charge on any atom is 0.119 e. The molecule has 0 amide bonds. The Balaban J connectivity index is 2.85. The molecule has 1 nitrogen and oxygen atoms in total. The molecule has 0 aromatic rings. The maximum absolute atomic E-state index is 5.62. The van der Waals surface area contributed by atoms with Gasteiger partial charge in [-0.25, -0.2) is 0 Å². The van der Waals surface area contributed by atoms with E-state index >= 15 is 0 Å². The summed E-state index contributed by atoms with van der Waals surface area (Å²) in [7, 11) is 0. The van der Waals surface area contributed by atoms with Crippen LogP contribution in [0.5, 0.6) is 0 Å². The van der Waals surface area contributed by atoms with Crippen LogP contribution >= 0.6 is 0 Å². The average Bonchev–Trinajstić information content (AvgIpc) is 2.28. The molecular weight excluding hydrogens is 184 g/mol. The van der Waals surface area contributed by atoms with Gasteiger partial charge in [0.1, 0.15) is 5.76 Å². The molecule has 0 N–H and O–H groups in total. The van der Waals surface area contributed by atoms with Crippen LogP contribution in [0, 0.1) is 0 Å². The van der Waals surface area contributed by atoms with Gasteiger partial charge in [-0.05, 0) is 34.1 Å². The van der Waals surface area contributed by atoms with Crippen LogP contribution in [0.1, 0.15) is 34.1 Å². The molecule has 0 radical (unpaired) electrons. The molecule has 0 bridgehead atoms. The van der Waals surface area contributed by atoms with Crippen molar-refractivity contribution in [2.75, 3.05) is 0 Å². The fourth-order valence-electron chi connectivity index (χ4n) is 1.53. The monoisotopic (exact) mass is 204 g/mol. The summed E-state index contributed by atoms with van der Waals surface area (Å²) in [5.74, 6) is 0.779. The molecule has 82 valence electrons. The summed E-state index contributed by atoms with van der Waals surface area (Å²) in [4.78, 5) is 0. The third kappa shape index (κ3) is 3.43. The summed E-state index contributed by atoms with van der Waals surface area (Å²) in [5, 5.41) is 0. The minimum absolute atomic E-state index is 0.184. The van der Waals surface area contributed by atoms with Crippen molar-refractivity contribution in [1.29, 1.82) is 0 Å². The first kappa shape index (κ1) is 11.8. The van der Waals surface area contributed by atoms with Gasteiger partial charge in [-0.15, -0.1) is 0 Å². The second-order valence-corrected chi connectivity index (χ2v) is 4.27. The number of rotatable bonds is 3. The zero-order chi connectivity index (χ0) is 11.4. The summed E-state index contributed by atoms with van der Waals surface area (Å²) in [6, 6.07) is 0. The Labute approximate surface area is 92.8 Å². The molecule has 1 rings (SSSR count). The Morgan fingerprint density at radius 2 is 2.00 bits per heavy atom. The number of ether oxygens (including phenoxy) is 1. The molecule has 0 heterocycles. The highest BCUT2D eigenvalue weighted by Crippen LogP contribution is 2.23. The molecule has 15 heavy (non-hydrogen) atoms. The van der Waals surface area contributed by atoms with Gasteiger partial charge in [0.2, 0.25) is 0 Å². The first-order valence-electron chi connectivity index (χ1n) is 5.41. The third-order valence-corrected chi connectivity index (χ3v) is 2.38. The second-order valence-electron chi connectivity index (χ2n) is 4.27. The molecule has 0 unspecified atom stereocenters. The van der Waals surface area contributed by atoms with Gasteiger partial charge in [0, 0.05) is 5.57 Å². The lowest BCUT2D eigenvalue weighted by Gasteiger charge is -2.14. The highest BCUT2D eigenvalue weighted by atomic mass is 16.5. The first-order chi connectivity index (χ1) is 7.00. The smallest absolute Gasteiger partial charge is 0.119 e. The Morgan fingerprint density at radius 3 is 2.60 bits per heavy atom. The molecular formula is C14H20O. The van der Waals surface area contributed by atoms with Crippen molar-refractivity contribution in [3.8, 4) is 0 Å². The predicted octanol–water partition coefficient (Wildman–Crippen LogP) is 4.15. The average molecular weight is 204 g/mol. The standard InChI is InChI=1S/C14H20O/c1-10(2)15-13(5)14-9-7-11(3)6-8-12(14)4/h6-7,9-10H,5,8H2,1-4H3. The van der Waals surface area contributed by atoms with Crippen molar-refractivity contribution in [2.24, 2.45) is 0 Å². The molecule has 1 heteroatoms. The van der Waals surface area contributed by atoms with Gasteiger partial charge >= 0.3 is 0 Å². The van der Waals surface area contributed by atoms with E-state index in [0.717, 1.165) is 17.8 Å². The topological polar surface area (TPSA) is 9.23 Å². The van der Waals surface area contributed by atoms with Crippen molar-refractivity contribution in [1.82, 2.24) is 0 Å². The number of allylic oxidation sites excluding steroid dienone is 5. The van der Waals surface area contributed by atoms with Crippen molar-refractivity contribution < 1.29 is 4.74 Å². The molecule has 0 spiro atoms. The summed E-state index contributed by atoms with van der Waals surface area (Å²) < 4.78 is 5.62. The second kappa shape index (κ2) is 5.01. The van der Waals surface area contributed by atoms with Crippen molar-refractivity contribution >= 4 is 0 Å². The van der Waals surface area contributed by atoms with E-state index in [0.29, 0.717) is 0 Å². The van der Waals surface area contributed by atoms with E-state index in [4.69, 9.17) is 4.74 Å². The normalized spacial score (nSPS) is 16.5. The van der Waals surface area contributed by atoms with Gasteiger partial charge in [0.15, 0.2) is 0 Å². The highest BCUT2D eigenvalue weighted by Gasteiger charge is 2.08. The fraction of sp³-hybridized carbons (Fsp3) is 0.429. The van der Waals surface area contributed by atoms with Crippen molar-refractivity contribution in [2.45, 2.75) is 40.2 Å². The Morgan fingerprint density at radius 1 is 1.33 bits per heavy atom. The van der Waals surface area contributed by atoms with E-state index in [1.807, 2.05) is 13.8 Å². The Bertz CT molecular complexity index is 340. The molecule has 0 aromatic carbocycles. The lowest BCUT2D eigenvalue weighted by molar-refractivity contribution is 0.156. The van der Waals surface area contributed by atoms with Crippen LogP contribution in [0.25, 0.3) is 0 Å². The zero-order valence-corrected chi connectivity index (χ0v) is 10.1. The van der Waals surface area contributed by atoms with Crippen LogP contribution in [-0.2, 0) is 4.74 Å². The number of hydrogen-bond acceptors (Lipinski definition) is 1. The molecule has 0 atom stereocenters. The van der Waals surface area contributed by atoms with Crippen LogP contribution in [0.3, 0.4) is 0 Å². The van der Waals surface area contributed by atoms with Crippen molar-refractivity contribution in [3.05, 3.63) is 47.3 Å². The van der Waals surface area contributed by atoms with Crippen LogP contribution in [0.2, 0.25) is 0 Å². The quantitative estimate of drug-likeness (QED) is 0.627. The fourth-order valence-corrected chi connectivity index (χ4v) is 1.53. The number of hydrogen-bond donors (Lipinski definition) is 0. The summed E-state index contributed by atoms with van der Waals surface area (Å²) in [5.41, 5.74) is 3.74. The maximum atomic E-state index is 5.62. The molecule has 0 saturated carbocycles. The molecule has 0 fully saturated rings. The predicted molar refractivity (Wildman–Crippen MR) is 65.6 cm³/mol. The lowest BCUT2D eigenvalue weighted by Crippen LogP contribution is -2.03. The Hall–Kier alpha value is -1.24. The zero-order valence-electron chi connectivity index (χ0n) is 10.1. The van der Waals surface area contributed by atoms with E-state index in [2.05, 4.69) is 38.7 Å². The molecule has 0 aromatic heterocycles. The van der Waals surface area contributed by atoms with Crippen LogP contribution in [0.15, 0.2) is 47.3 Å².